The number of nitrogens with zero attached hydrogens (tertiary/aromatic N) is 2. The van der Waals surface area contributed by atoms with Crippen LogP contribution in [0.25, 0.3) is 11.0 Å². The molecule has 0 unspecified atom stereocenters. The van der Waals surface area contributed by atoms with Gasteiger partial charge < -0.3 is 10.3 Å². The molecule has 1 aromatic carbocycles. The molecule has 20 heavy (non-hydrogen) atoms. The van der Waals surface area contributed by atoms with Crippen LogP contribution < -0.4 is 5.73 Å². The van der Waals surface area contributed by atoms with Crippen LogP contribution in [0.15, 0.2) is 12.1 Å². The van der Waals surface area contributed by atoms with Gasteiger partial charge in [0.15, 0.2) is 0 Å². The molecule has 0 spiro atoms. The summed E-state index contributed by atoms with van der Waals surface area (Å²) in [4.78, 5) is 4.32. The third-order valence-electron chi connectivity index (χ3n) is 4.34. The van der Waals surface area contributed by atoms with Crippen molar-refractivity contribution in [2.24, 2.45) is 0 Å². The molecule has 1 saturated carbocycles. The quantitative estimate of drug-likeness (QED) is 0.913. The maximum absolute atomic E-state index is 13.6. The fourth-order valence-corrected chi connectivity index (χ4v) is 3.91. The summed E-state index contributed by atoms with van der Waals surface area (Å²) in [6, 6.07) is 3.76. The van der Waals surface area contributed by atoms with Gasteiger partial charge >= 0.3 is 0 Å². The van der Waals surface area contributed by atoms with E-state index in [0.717, 1.165) is 23.6 Å². The standard InChI is InChI=1S/C15H20FN3S/c1-9-7-14-13(8-12(9)16)18-15(17)19(14)10-3-5-11(20-2)6-4-10/h7-8,10-11H,3-6H2,1-2H3,(H2,17,18). The summed E-state index contributed by atoms with van der Waals surface area (Å²) in [7, 11) is 0. The lowest BCUT2D eigenvalue weighted by atomic mass is 9.94. The van der Waals surface area contributed by atoms with E-state index in [2.05, 4.69) is 15.8 Å². The summed E-state index contributed by atoms with van der Waals surface area (Å²) < 4.78 is 15.7. The highest BCUT2D eigenvalue weighted by Gasteiger charge is 2.25. The van der Waals surface area contributed by atoms with Crippen LogP contribution in [0.4, 0.5) is 10.3 Å². The van der Waals surface area contributed by atoms with E-state index < -0.39 is 0 Å². The smallest absolute Gasteiger partial charge is 0.201 e. The second kappa shape index (κ2) is 5.28. The number of imidazole rings is 1. The van der Waals surface area contributed by atoms with Crippen LogP contribution in [0.2, 0.25) is 0 Å². The summed E-state index contributed by atoms with van der Waals surface area (Å²) in [5.41, 5.74) is 8.36. The zero-order valence-corrected chi connectivity index (χ0v) is 12.7. The lowest BCUT2D eigenvalue weighted by Gasteiger charge is -2.29. The molecular weight excluding hydrogens is 273 g/mol. The first-order valence-corrected chi connectivity index (χ1v) is 8.35. The Morgan fingerprint density at radius 2 is 2.00 bits per heavy atom. The SMILES string of the molecule is CSC1CCC(n2c(N)nc3cc(F)c(C)cc32)CC1. The second-order valence-electron chi connectivity index (χ2n) is 5.60. The fraction of sp³-hybridized carbons (Fsp3) is 0.533. The Balaban J connectivity index is 1.99. The highest BCUT2D eigenvalue weighted by atomic mass is 32.2. The normalized spacial score (nSPS) is 23.4. The molecule has 1 heterocycles. The molecule has 3 rings (SSSR count). The number of halogens is 1. The Morgan fingerprint density at radius 1 is 1.30 bits per heavy atom. The van der Waals surface area contributed by atoms with Gasteiger partial charge in [-0.1, -0.05) is 0 Å². The Bertz CT molecular complexity index is 630. The number of benzene rings is 1. The topological polar surface area (TPSA) is 43.8 Å². The van der Waals surface area contributed by atoms with Gasteiger partial charge in [-0.3, -0.25) is 0 Å². The van der Waals surface area contributed by atoms with Crippen LogP contribution >= 0.6 is 11.8 Å². The average Bonchev–Trinajstić information content (AvgIpc) is 2.75. The van der Waals surface area contributed by atoms with E-state index in [1.54, 1.807) is 6.92 Å². The van der Waals surface area contributed by atoms with Crippen LogP contribution in [0.1, 0.15) is 37.3 Å². The molecule has 0 aliphatic heterocycles. The summed E-state index contributed by atoms with van der Waals surface area (Å²) in [5, 5.41) is 0.765. The second-order valence-corrected chi connectivity index (χ2v) is 6.73. The van der Waals surface area contributed by atoms with E-state index in [0.29, 0.717) is 23.1 Å². The van der Waals surface area contributed by atoms with Crippen LogP contribution in [0.3, 0.4) is 0 Å². The number of hydrogen-bond acceptors (Lipinski definition) is 3. The Morgan fingerprint density at radius 3 is 2.65 bits per heavy atom. The monoisotopic (exact) mass is 293 g/mol. The molecule has 1 fully saturated rings. The fourth-order valence-electron chi connectivity index (χ4n) is 3.16. The molecule has 2 N–H and O–H groups in total. The molecular formula is C15H20FN3S. The number of nitrogen functional groups attached to an aromatic ring is 1. The summed E-state index contributed by atoms with van der Waals surface area (Å²) in [6.45, 7) is 1.78. The third kappa shape index (κ3) is 2.28. The molecule has 0 atom stereocenters. The molecule has 5 heteroatoms. The largest absolute Gasteiger partial charge is 0.369 e. The van der Waals surface area contributed by atoms with Crippen molar-refractivity contribution in [1.29, 1.82) is 0 Å². The van der Waals surface area contributed by atoms with Crippen LogP contribution in [-0.4, -0.2) is 21.1 Å². The van der Waals surface area contributed by atoms with Gasteiger partial charge in [0.05, 0.1) is 11.0 Å². The molecule has 0 radical (unpaired) electrons. The van der Waals surface area contributed by atoms with Crippen molar-refractivity contribution >= 4 is 28.7 Å². The summed E-state index contributed by atoms with van der Waals surface area (Å²) in [6.07, 6.45) is 6.85. The summed E-state index contributed by atoms with van der Waals surface area (Å²) >= 11 is 1.95. The minimum atomic E-state index is -0.215. The number of rotatable bonds is 2. The molecule has 3 nitrogen and oxygen atoms in total. The van der Waals surface area contributed by atoms with E-state index in [4.69, 9.17) is 5.73 Å². The van der Waals surface area contributed by atoms with Crippen molar-refractivity contribution < 1.29 is 4.39 Å². The number of nitrogens with two attached hydrogens (primary N) is 1. The van der Waals surface area contributed by atoms with Gasteiger partial charge in [-0.25, -0.2) is 9.37 Å². The molecule has 0 saturated heterocycles. The minimum absolute atomic E-state index is 0.215. The van der Waals surface area contributed by atoms with Crippen molar-refractivity contribution in [2.75, 3.05) is 12.0 Å². The highest BCUT2D eigenvalue weighted by Crippen LogP contribution is 2.37. The van der Waals surface area contributed by atoms with Crippen molar-refractivity contribution in [2.45, 2.75) is 43.9 Å². The number of fused-ring (bicyclic) bond motifs is 1. The number of hydrogen-bond donors (Lipinski definition) is 1. The van der Waals surface area contributed by atoms with E-state index in [1.807, 2.05) is 17.8 Å². The number of aryl methyl sites for hydroxylation is 1. The highest BCUT2D eigenvalue weighted by molar-refractivity contribution is 7.99. The first-order valence-electron chi connectivity index (χ1n) is 7.06. The molecule has 2 aromatic rings. The van der Waals surface area contributed by atoms with Crippen molar-refractivity contribution in [3.05, 3.63) is 23.5 Å². The molecule has 0 bridgehead atoms. The number of aromatic nitrogens is 2. The van der Waals surface area contributed by atoms with Crippen molar-refractivity contribution in [3.8, 4) is 0 Å². The van der Waals surface area contributed by atoms with Crippen LogP contribution in [-0.2, 0) is 0 Å². The predicted octanol–water partition coefficient (Wildman–Crippen LogP) is 3.91. The number of anilines is 1. The first kappa shape index (κ1) is 13.7. The molecule has 1 aliphatic carbocycles. The van der Waals surface area contributed by atoms with Crippen molar-refractivity contribution in [3.63, 3.8) is 0 Å². The Kier molecular flexibility index (Phi) is 3.63. The van der Waals surface area contributed by atoms with Crippen LogP contribution in [0, 0.1) is 12.7 Å². The average molecular weight is 293 g/mol. The van der Waals surface area contributed by atoms with E-state index in [-0.39, 0.29) is 5.82 Å². The first-order chi connectivity index (χ1) is 9.60. The van der Waals surface area contributed by atoms with Crippen LogP contribution in [0.5, 0.6) is 0 Å². The van der Waals surface area contributed by atoms with Gasteiger partial charge in [0.1, 0.15) is 5.82 Å². The summed E-state index contributed by atoms with van der Waals surface area (Å²) in [5.74, 6) is 0.297. The van der Waals surface area contributed by atoms with Crippen molar-refractivity contribution in [1.82, 2.24) is 9.55 Å². The van der Waals surface area contributed by atoms with Gasteiger partial charge in [-0.05, 0) is 50.5 Å². The third-order valence-corrected chi connectivity index (χ3v) is 5.48. The zero-order chi connectivity index (χ0) is 14.3. The zero-order valence-electron chi connectivity index (χ0n) is 11.9. The minimum Gasteiger partial charge on any atom is -0.369 e. The van der Waals surface area contributed by atoms with Gasteiger partial charge in [-0.2, -0.15) is 11.8 Å². The molecule has 108 valence electrons. The van der Waals surface area contributed by atoms with E-state index in [9.17, 15) is 4.39 Å². The molecule has 1 aliphatic rings. The maximum atomic E-state index is 13.6. The molecule has 1 aromatic heterocycles. The lowest BCUT2D eigenvalue weighted by molar-refractivity contribution is 0.370. The van der Waals surface area contributed by atoms with Gasteiger partial charge in [0, 0.05) is 17.4 Å². The Labute approximate surface area is 122 Å². The van der Waals surface area contributed by atoms with Gasteiger partial charge in [0.25, 0.3) is 0 Å². The van der Waals surface area contributed by atoms with Gasteiger partial charge in [-0.15, -0.1) is 0 Å². The Hall–Kier alpha value is -1.23. The lowest BCUT2D eigenvalue weighted by Crippen LogP contribution is -2.20. The number of thioether (sulfide) groups is 1. The molecule has 0 amide bonds. The van der Waals surface area contributed by atoms with Gasteiger partial charge in [0.2, 0.25) is 5.95 Å². The van der Waals surface area contributed by atoms with E-state index >= 15 is 0 Å². The van der Waals surface area contributed by atoms with E-state index in [1.165, 1.54) is 18.9 Å². The predicted molar refractivity (Wildman–Crippen MR) is 83.6 cm³/mol. The maximum Gasteiger partial charge on any atom is 0.201 e.